The quantitative estimate of drug-likeness (QED) is 0.717. The molecule has 2 unspecified atom stereocenters. The van der Waals surface area contributed by atoms with Gasteiger partial charge in [-0.3, -0.25) is 0 Å². The van der Waals surface area contributed by atoms with Crippen molar-refractivity contribution in [3.05, 3.63) is 0 Å². The standard InChI is InChI=1S/C10H21NO2/c1-4-9-7-11-8-10(2,13-9)5-6-12-3/h9,11H,4-8H2,1-3H3. The Kier molecular flexibility index (Phi) is 4.16. The van der Waals surface area contributed by atoms with Crippen LogP contribution in [0.1, 0.15) is 26.7 Å². The number of ether oxygens (including phenoxy) is 2. The van der Waals surface area contributed by atoms with Crippen LogP contribution in [-0.2, 0) is 9.47 Å². The molecular formula is C10H21NO2. The molecular weight excluding hydrogens is 166 g/mol. The van der Waals surface area contributed by atoms with Crippen LogP contribution in [0, 0.1) is 0 Å². The van der Waals surface area contributed by atoms with E-state index in [0.717, 1.165) is 32.5 Å². The zero-order chi connectivity index (χ0) is 9.73. The molecule has 1 rings (SSSR count). The molecule has 0 bridgehead atoms. The zero-order valence-corrected chi connectivity index (χ0v) is 8.93. The molecule has 1 saturated heterocycles. The summed E-state index contributed by atoms with van der Waals surface area (Å²) in [5.41, 5.74) is -0.0328. The van der Waals surface area contributed by atoms with Crippen LogP contribution in [0.4, 0.5) is 0 Å². The molecule has 0 aromatic carbocycles. The molecule has 0 radical (unpaired) electrons. The van der Waals surface area contributed by atoms with Crippen molar-refractivity contribution in [1.82, 2.24) is 5.32 Å². The van der Waals surface area contributed by atoms with Gasteiger partial charge in [0.1, 0.15) is 0 Å². The Morgan fingerprint density at radius 2 is 2.38 bits per heavy atom. The van der Waals surface area contributed by atoms with Gasteiger partial charge < -0.3 is 14.8 Å². The second kappa shape index (κ2) is 4.94. The summed E-state index contributed by atoms with van der Waals surface area (Å²) in [7, 11) is 1.73. The third-order valence-electron chi connectivity index (χ3n) is 2.61. The van der Waals surface area contributed by atoms with Gasteiger partial charge in [0.05, 0.1) is 11.7 Å². The number of hydrogen-bond acceptors (Lipinski definition) is 3. The first-order chi connectivity index (χ1) is 6.20. The Labute approximate surface area is 80.8 Å². The lowest BCUT2D eigenvalue weighted by Crippen LogP contribution is -2.52. The predicted molar refractivity (Wildman–Crippen MR) is 52.9 cm³/mol. The molecule has 0 amide bonds. The van der Waals surface area contributed by atoms with Gasteiger partial charge in [-0.15, -0.1) is 0 Å². The second-order valence-corrected chi connectivity index (χ2v) is 3.97. The molecule has 2 atom stereocenters. The molecule has 3 heteroatoms. The van der Waals surface area contributed by atoms with Crippen molar-refractivity contribution in [2.24, 2.45) is 0 Å². The van der Waals surface area contributed by atoms with Crippen molar-refractivity contribution in [2.75, 3.05) is 26.8 Å². The van der Waals surface area contributed by atoms with E-state index in [9.17, 15) is 0 Å². The number of nitrogens with one attached hydrogen (secondary N) is 1. The Morgan fingerprint density at radius 3 is 3.00 bits per heavy atom. The smallest absolute Gasteiger partial charge is 0.0804 e. The molecule has 3 nitrogen and oxygen atoms in total. The van der Waals surface area contributed by atoms with Crippen LogP contribution in [0.2, 0.25) is 0 Å². The van der Waals surface area contributed by atoms with E-state index in [1.807, 2.05) is 0 Å². The molecule has 0 aromatic rings. The van der Waals surface area contributed by atoms with Crippen LogP contribution in [-0.4, -0.2) is 38.5 Å². The molecule has 78 valence electrons. The van der Waals surface area contributed by atoms with Gasteiger partial charge in [-0.1, -0.05) is 6.92 Å². The maximum atomic E-state index is 5.98. The van der Waals surface area contributed by atoms with Crippen LogP contribution in [0.5, 0.6) is 0 Å². The monoisotopic (exact) mass is 187 g/mol. The molecule has 13 heavy (non-hydrogen) atoms. The molecule has 1 N–H and O–H groups in total. The summed E-state index contributed by atoms with van der Waals surface area (Å²) in [6, 6.07) is 0. The molecule has 0 saturated carbocycles. The van der Waals surface area contributed by atoms with Gasteiger partial charge in [0.15, 0.2) is 0 Å². The highest BCUT2D eigenvalue weighted by Crippen LogP contribution is 2.21. The highest BCUT2D eigenvalue weighted by Gasteiger charge is 2.31. The largest absolute Gasteiger partial charge is 0.385 e. The molecule has 0 spiro atoms. The van der Waals surface area contributed by atoms with E-state index in [2.05, 4.69) is 19.2 Å². The van der Waals surface area contributed by atoms with Crippen LogP contribution in [0.25, 0.3) is 0 Å². The van der Waals surface area contributed by atoms with E-state index in [-0.39, 0.29) is 5.60 Å². The number of rotatable bonds is 4. The predicted octanol–water partition coefficient (Wildman–Crippen LogP) is 1.18. The SMILES string of the molecule is CCC1CNCC(C)(CCOC)O1. The van der Waals surface area contributed by atoms with E-state index >= 15 is 0 Å². The molecule has 1 fully saturated rings. The number of hydrogen-bond donors (Lipinski definition) is 1. The average molecular weight is 187 g/mol. The van der Waals surface area contributed by atoms with Gasteiger partial charge >= 0.3 is 0 Å². The minimum absolute atomic E-state index is 0.0328. The Morgan fingerprint density at radius 1 is 1.62 bits per heavy atom. The highest BCUT2D eigenvalue weighted by molar-refractivity contribution is 4.84. The van der Waals surface area contributed by atoms with Crippen LogP contribution in [0.15, 0.2) is 0 Å². The molecule has 1 aliphatic heterocycles. The van der Waals surface area contributed by atoms with Crippen molar-refractivity contribution < 1.29 is 9.47 Å². The first kappa shape index (κ1) is 11.0. The van der Waals surface area contributed by atoms with Gasteiger partial charge in [-0.05, 0) is 13.3 Å². The average Bonchev–Trinajstić information content (AvgIpc) is 2.15. The van der Waals surface area contributed by atoms with Gasteiger partial charge in [-0.2, -0.15) is 0 Å². The third kappa shape index (κ3) is 3.25. The lowest BCUT2D eigenvalue weighted by molar-refractivity contribution is -0.116. The van der Waals surface area contributed by atoms with Gasteiger partial charge in [0, 0.05) is 33.2 Å². The van der Waals surface area contributed by atoms with Gasteiger partial charge in [0.2, 0.25) is 0 Å². The Balaban J connectivity index is 2.37. The summed E-state index contributed by atoms with van der Waals surface area (Å²) >= 11 is 0. The summed E-state index contributed by atoms with van der Waals surface area (Å²) in [6.07, 6.45) is 2.42. The summed E-state index contributed by atoms with van der Waals surface area (Å²) in [5.74, 6) is 0. The first-order valence-corrected chi connectivity index (χ1v) is 5.07. The van der Waals surface area contributed by atoms with Gasteiger partial charge in [-0.25, -0.2) is 0 Å². The molecule has 0 aliphatic carbocycles. The lowest BCUT2D eigenvalue weighted by atomic mass is 9.99. The lowest BCUT2D eigenvalue weighted by Gasteiger charge is -2.39. The Bertz CT molecular complexity index is 152. The van der Waals surface area contributed by atoms with Gasteiger partial charge in [0.25, 0.3) is 0 Å². The number of methoxy groups -OCH3 is 1. The van der Waals surface area contributed by atoms with Crippen LogP contribution >= 0.6 is 0 Å². The van der Waals surface area contributed by atoms with Crippen molar-refractivity contribution in [2.45, 2.75) is 38.4 Å². The van der Waals surface area contributed by atoms with E-state index in [1.54, 1.807) is 7.11 Å². The summed E-state index contributed by atoms with van der Waals surface area (Å²) in [6.45, 7) is 7.01. The first-order valence-electron chi connectivity index (χ1n) is 5.07. The second-order valence-electron chi connectivity index (χ2n) is 3.97. The fraction of sp³-hybridized carbons (Fsp3) is 1.00. The summed E-state index contributed by atoms with van der Waals surface area (Å²) in [4.78, 5) is 0. The topological polar surface area (TPSA) is 30.5 Å². The van der Waals surface area contributed by atoms with E-state index in [0.29, 0.717) is 6.10 Å². The van der Waals surface area contributed by atoms with E-state index in [1.165, 1.54) is 0 Å². The maximum Gasteiger partial charge on any atom is 0.0804 e. The summed E-state index contributed by atoms with van der Waals surface area (Å²) in [5, 5.41) is 3.40. The highest BCUT2D eigenvalue weighted by atomic mass is 16.5. The normalized spacial score (nSPS) is 34.8. The van der Waals surface area contributed by atoms with Crippen LogP contribution < -0.4 is 5.32 Å². The zero-order valence-electron chi connectivity index (χ0n) is 8.93. The van der Waals surface area contributed by atoms with Crippen molar-refractivity contribution in [3.8, 4) is 0 Å². The molecule has 1 heterocycles. The minimum atomic E-state index is -0.0328. The van der Waals surface area contributed by atoms with Crippen molar-refractivity contribution in [1.29, 1.82) is 0 Å². The van der Waals surface area contributed by atoms with Crippen LogP contribution in [0.3, 0.4) is 0 Å². The van der Waals surface area contributed by atoms with Crippen molar-refractivity contribution >= 4 is 0 Å². The fourth-order valence-corrected chi connectivity index (χ4v) is 1.68. The molecule has 1 aliphatic rings. The Hall–Kier alpha value is -0.120. The van der Waals surface area contributed by atoms with E-state index < -0.39 is 0 Å². The maximum absolute atomic E-state index is 5.98. The summed E-state index contributed by atoms with van der Waals surface area (Å²) < 4.78 is 11.1. The van der Waals surface area contributed by atoms with Crippen molar-refractivity contribution in [3.63, 3.8) is 0 Å². The minimum Gasteiger partial charge on any atom is -0.385 e. The fourth-order valence-electron chi connectivity index (χ4n) is 1.68. The number of morpholine rings is 1. The molecule has 0 aromatic heterocycles. The van der Waals surface area contributed by atoms with E-state index in [4.69, 9.17) is 9.47 Å². The third-order valence-corrected chi connectivity index (χ3v) is 2.61.